The van der Waals surface area contributed by atoms with Gasteiger partial charge in [0.05, 0.1) is 64.2 Å². The Balaban J connectivity index is 0.00000702. The Hall–Kier alpha value is -3.86. The molecule has 284 valence electrons. The maximum Gasteiger partial charge on any atom is 0.303 e. The lowest BCUT2D eigenvalue weighted by Crippen LogP contribution is -2.51. The summed E-state index contributed by atoms with van der Waals surface area (Å²) < 4.78 is 23.3. The van der Waals surface area contributed by atoms with Crippen molar-refractivity contribution >= 4 is 42.1 Å². The SMILES string of the molecule is C#CCOCCOCCOCCNc1nc(N2CCOCC2)nc(N2CCN(C(=O)[C@H](CCC(=O)O)n3cc(C(N)CC(C)C)nn3)CC2)n1.Cl. The number of rotatable bonds is 21. The fourth-order valence-electron chi connectivity index (χ4n) is 5.49. The Bertz CT molecular complexity index is 1380. The number of hydrogen-bond donors (Lipinski definition) is 3. The third-order valence-electron chi connectivity index (χ3n) is 8.11. The molecular formula is C32H52ClN11O7. The first kappa shape index (κ1) is 41.6. The van der Waals surface area contributed by atoms with Crippen LogP contribution in [0.5, 0.6) is 0 Å². The summed E-state index contributed by atoms with van der Waals surface area (Å²) in [7, 11) is 0. The minimum absolute atomic E-state index is 0. The number of nitrogens with zero attached hydrogens (tertiary/aromatic N) is 9. The van der Waals surface area contributed by atoms with Crippen LogP contribution in [0.3, 0.4) is 0 Å². The van der Waals surface area contributed by atoms with Crippen LogP contribution in [0.15, 0.2) is 6.20 Å². The number of carbonyl (C=O) groups is 2. The second-order valence-corrected chi connectivity index (χ2v) is 12.4. The highest BCUT2D eigenvalue weighted by molar-refractivity contribution is 5.85. The Morgan fingerprint density at radius 3 is 2.24 bits per heavy atom. The summed E-state index contributed by atoms with van der Waals surface area (Å²) in [6, 6.07) is -1.14. The molecule has 51 heavy (non-hydrogen) atoms. The molecule has 2 aliphatic rings. The smallest absolute Gasteiger partial charge is 0.303 e. The highest BCUT2D eigenvalue weighted by atomic mass is 35.5. The summed E-state index contributed by atoms with van der Waals surface area (Å²) in [6.45, 7) is 11.3. The second-order valence-electron chi connectivity index (χ2n) is 12.4. The molecule has 4 heterocycles. The van der Waals surface area contributed by atoms with Gasteiger partial charge in [-0.3, -0.25) is 9.59 Å². The molecule has 0 bridgehead atoms. The lowest BCUT2D eigenvalue weighted by Gasteiger charge is -2.36. The van der Waals surface area contributed by atoms with Gasteiger partial charge in [-0.1, -0.05) is 25.0 Å². The van der Waals surface area contributed by atoms with Gasteiger partial charge in [-0.25, -0.2) is 4.68 Å². The second kappa shape index (κ2) is 22.2. The number of ether oxygens (including phenoxy) is 4. The number of halogens is 1. The number of anilines is 3. The van der Waals surface area contributed by atoms with E-state index in [1.54, 1.807) is 11.1 Å². The zero-order valence-electron chi connectivity index (χ0n) is 29.5. The van der Waals surface area contributed by atoms with E-state index >= 15 is 0 Å². The molecule has 0 aliphatic carbocycles. The minimum Gasteiger partial charge on any atom is -0.481 e. The van der Waals surface area contributed by atoms with Gasteiger partial charge in [0.15, 0.2) is 0 Å². The van der Waals surface area contributed by atoms with Crippen molar-refractivity contribution in [2.24, 2.45) is 11.7 Å². The van der Waals surface area contributed by atoms with Crippen molar-refractivity contribution in [2.45, 2.75) is 45.2 Å². The predicted octanol–water partition coefficient (Wildman–Crippen LogP) is 0.617. The molecule has 4 N–H and O–H groups in total. The molecule has 0 saturated carbocycles. The van der Waals surface area contributed by atoms with Crippen molar-refractivity contribution in [1.29, 1.82) is 0 Å². The molecule has 2 atom stereocenters. The average Bonchev–Trinajstić information content (AvgIpc) is 3.61. The quantitative estimate of drug-likeness (QED) is 0.118. The van der Waals surface area contributed by atoms with Gasteiger partial charge in [0.25, 0.3) is 0 Å². The number of aliphatic carboxylic acids is 1. The number of nitrogens with two attached hydrogens (primary N) is 1. The van der Waals surface area contributed by atoms with Crippen LogP contribution >= 0.6 is 12.4 Å². The maximum absolute atomic E-state index is 13.8. The van der Waals surface area contributed by atoms with Crippen LogP contribution in [0.25, 0.3) is 0 Å². The van der Waals surface area contributed by atoms with Gasteiger partial charge in [0.1, 0.15) is 12.6 Å². The first-order chi connectivity index (χ1) is 24.2. The Kier molecular flexibility index (Phi) is 18.1. The normalized spacial score (nSPS) is 16.0. The molecule has 0 aromatic carbocycles. The van der Waals surface area contributed by atoms with E-state index < -0.39 is 12.0 Å². The van der Waals surface area contributed by atoms with Gasteiger partial charge in [0, 0.05) is 52.2 Å². The van der Waals surface area contributed by atoms with E-state index in [4.69, 9.17) is 41.1 Å². The summed E-state index contributed by atoms with van der Waals surface area (Å²) >= 11 is 0. The molecule has 18 nitrogen and oxygen atoms in total. The summed E-state index contributed by atoms with van der Waals surface area (Å²) in [5.74, 6) is 3.04. The molecule has 2 saturated heterocycles. The molecule has 0 radical (unpaired) electrons. The largest absolute Gasteiger partial charge is 0.481 e. The van der Waals surface area contributed by atoms with E-state index in [0.717, 1.165) is 0 Å². The van der Waals surface area contributed by atoms with E-state index in [9.17, 15) is 14.7 Å². The van der Waals surface area contributed by atoms with Crippen LogP contribution in [0, 0.1) is 18.3 Å². The number of nitrogens with one attached hydrogen (secondary N) is 1. The van der Waals surface area contributed by atoms with Crippen LogP contribution in [-0.2, 0) is 28.5 Å². The number of carbonyl (C=O) groups excluding carboxylic acids is 1. The van der Waals surface area contributed by atoms with Crippen molar-refractivity contribution in [3.8, 4) is 12.3 Å². The number of carboxylic acids is 1. The van der Waals surface area contributed by atoms with Crippen molar-refractivity contribution in [1.82, 2.24) is 34.8 Å². The van der Waals surface area contributed by atoms with Crippen LogP contribution in [0.2, 0.25) is 0 Å². The molecule has 1 amide bonds. The lowest BCUT2D eigenvalue weighted by atomic mass is 10.0. The number of morpholine rings is 1. The van der Waals surface area contributed by atoms with Crippen molar-refractivity contribution < 1.29 is 33.6 Å². The Labute approximate surface area is 305 Å². The number of carboxylic acid groups (broad SMARTS) is 1. The number of amides is 1. The first-order valence-electron chi connectivity index (χ1n) is 17.2. The minimum atomic E-state index is -0.987. The highest BCUT2D eigenvalue weighted by Crippen LogP contribution is 2.23. The fraction of sp³-hybridized carbons (Fsp3) is 0.719. The zero-order chi connectivity index (χ0) is 35.7. The molecule has 0 spiro atoms. The summed E-state index contributed by atoms with van der Waals surface area (Å²) in [5.41, 5.74) is 6.88. The van der Waals surface area contributed by atoms with E-state index in [0.29, 0.717) is 128 Å². The monoisotopic (exact) mass is 737 g/mol. The molecule has 2 aliphatic heterocycles. The summed E-state index contributed by atoms with van der Waals surface area (Å²) in [5, 5.41) is 21.0. The van der Waals surface area contributed by atoms with E-state index in [1.807, 2.05) is 4.90 Å². The predicted molar refractivity (Wildman–Crippen MR) is 191 cm³/mol. The van der Waals surface area contributed by atoms with Crippen molar-refractivity contribution in [3.63, 3.8) is 0 Å². The number of terminal acetylenes is 1. The lowest BCUT2D eigenvalue weighted by molar-refractivity contribution is -0.138. The highest BCUT2D eigenvalue weighted by Gasteiger charge is 2.32. The van der Waals surface area contributed by atoms with Crippen LogP contribution in [0.1, 0.15) is 50.9 Å². The van der Waals surface area contributed by atoms with Gasteiger partial charge >= 0.3 is 5.97 Å². The van der Waals surface area contributed by atoms with Gasteiger partial charge in [-0.2, -0.15) is 15.0 Å². The van der Waals surface area contributed by atoms with Gasteiger partial charge < -0.3 is 49.8 Å². The van der Waals surface area contributed by atoms with E-state index in [2.05, 4.69) is 45.3 Å². The van der Waals surface area contributed by atoms with Crippen molar-refractivity contribution in [2.75, 3.05) is 114 Å². The van der Waals surface area contributed by atoms with E-state index in [-0.39, 0.29) is 43.8 Å². The maximum atomic E-state index is 13.8. The topological polar surface area (TPSA) is 208 Å². The van der Waals surface area contributed by atoms with Crippen LogP contribution in [-0.4, -0.2) is 150 Å². The zero-order valence-corrected chi connectivity index (χ0v) is 30.3. The van der Waals surface area contributed by atoms with Gasteiger partial charge in [-0.05, 0) is 18.8 Å². The standard InChI is InChI=1S/C32H51N11O7.ClH/c1-4-14-47-18-20-50-21-19-48-15-7-34-30-35-31(37-32(36-30)42-12-16-49-17-13-42)41-10-8-40(9-11-41)29(46)27(5-6-28(44)45)43-23-26(38-39-43)25(33)22-24(2)3;/h1,23-25,27H,5-22,33H2,2-3H3,(H,44,45)(H,34,35,36,37);1H/t25?,27-;/m0./s1. The van der Waals surface area contributed by atoms with Crippen molar-refractivity contribution in [3.05, 3.63) is 11.9 Å². The van der Waals surface area contributed by atoms with Crippen LogP contribution in [0.4, 0.5) is 17.8 Å². The molecule has 4 rings (SSSR count). The number of piperazine rings is 1. The Morgan fingerprint density at radius 2 is 1.61 bits per heavy atom. The Morgan fingerprint density at radius 1 is 0.980 bits per heavy atom. The number of aromatic nitrogens is 6. The third-order valence-corrected chi connectivity index (χ3v) is 8.11. The molecule has 2 aromatic rings. The number of hydrogen-bond acceptors (Lipinski definition) is 15. The molecule has 2 fully saturated rings. The summed E-state index contributed by atoms with van der Waals surface area (Å²) in [6.07, 6.45) is 7.43. The molecular weight excluding hydrogens is 686 g/mol. The van der Waals surface area contributed by atoms with E-state index in [1.165, 1.54) is 4.68 Å². The average molecular weight is 738 g/mol. The third kappa shape index (κ3) is 13.7. The molecule has 19 heteroatoms. The summed E-state index contributed by atoms with van der Waals surface area (Å²) in [4.78, 5) is 45.2. The van der Waals surface area contributed by atoms with Gasteiger partial charge in [-0.15, -0.1) is 23.9 Å². The molecule has 1 unspecified atom stereocenters. The first-order valence-corrected chi connectivity index (χ1v) is 17.2. The molecule has 2 aromatic heterocycles. The van der Waals surface area contributed by atoms with Crippen LogP contribution < -0.4 is 20.9 Å². The van der Waals surface area contributed by atoms with Gasteiger partial charge in [0.2, 0.25) is 23.8 Å². The fourth-order valence-corrected chi connectivity index (χ4v) is 5.49.